The highest BCUT2D eigenvalue weighted by atomic mass is 19.1. The van der Waals surface area contributed by atoms with Crippen molar-refractivity contribution in [2.45, 2.75) is 19.8 Å². The van der Waals surface area contributed by atoms with Gasteiger partial charge >= 0.3 is 5.97 Å². The molecule has 5 heteroatoms. The van der Waals surface area contributed by atoms with E-state index in [1.165, 1.54) is 12.1 Å². The molecule has 0 saturated heterocycles. The van der Waals surface area contributed by atoms with Crippen LogP contribution in [0.25, 0.3) is 11.3 Å². The molecule has 0 unspecified atom stereocenters. The molecule has 4 nitrogen and oxygen atoms in total. The number of carbonyl (C=O) groups is 1. The lowest BCUT2D eigenvalue weighted by molar-refractivity contribution is -0.136. The number of aliphatic carboxylic acids is 1. The Bertz CT molecular complexity index is 620. The minimum absolute atomic E-state index is 0.0585. The van der Waals surface area contributed by atoms with Gasteiger partial charge < -0.3 is 5.11 Å². The largest absolute Gasteiger partial charge is 0.481 e. The summed E-state index contributed by atoms with van der Waals surface area (Å²) in [6.07, 6.45) is 0.475. The van der Waals surface area contributed by atoms with Crippen LogP contribution >= 0.6 is 0 Å². The summed E-state index contributed by atoms with van der Waals surface area (Å²) in [4.78, 5) is 10.6. The molecule has 0 fully saturated rings. The second-order valence-electron chi connectivity index (χ2n) is 4.45. The summed E-state index contributed by atoms with van der Waals surface area (Å²) < 4.78 is 14.9. The van der Waals surface area contributed by atoms with Gasteiger partial charge in [0.2, 0.25) is 0 Å². The maximum atomic E-state index is 13.2. The van der Waals surface area contributed by atoms with Crippen molar-refractivity contribution in [2.75, 3.05) is 0 Å². The van der Waals surface area contributed by atoms with Gasteiger partial charge in [0.1, 0.15) is 5.82 Å². The SMILES string of the molecule is Cc1c(-c2cccc(F)c2)nn(C)c1CCC(=O)O. The first-order valence-electron chi connectivity index (χ1n) is 5.99. The maximum Gasteiger partial charge on any atom is 0.303 e. The number of rotatable bonds is 4. The molecule has 0 aliphatic heterocycles. The van der Waals surface area contributed by atoms with Gasteiger partial charge in [0, 0.05) is 24.7 Å². The van der Waals surface area contributed by atoms with Crippen molar-refractivity contribution in [3.63, 3.8) is 0 Å². The normalized spacial score (nSPS) is 10.7. The molecule has 2 aromatic rings. The molecule has 19 heavy (non-hydrogen) atoms. The molecule has 1 aromatic carbocycles. The van der Waals surface area contributed by atoms with Gasteiger partial charge in [-0.1, -0.05) is 12.1 Å². The summed E-state index contributed by atoms with van der Waals surface area (Å²) in [6, 6.07) is 6.23. The van der Waals surface area contributed by atoms with E-state index in [1.54, 1.807) is 23.9 Å². The van der Waals surface area contributed by atoms with Gasteiger partial charge in [-0.15, -0.1) is 0 Å². The van der Waals surface area contributed by atoms with E-state index in [4.69, 9.17) is 5.11 Å². The number of carboxylic acids is 1. The number of aryl methyl sites for hydroxylation is 1. The number of nitrogens with zero attached hydrogens (tertiary/aromatic N) is 2. The Labute approximate surface area is 110 Å². The fourth-order valence-corrected chi connectivity index (χ4v) is 2.15. The first-order valence-corrected chi connectivity index (χ1v) is 5.99. The van der Waals surface area contributed by atoms with E-state index < -0.39 is 5.97 Å². The molecule has 0 amide bonds. The lowest BCUT2D eigenvalue weighted by Gasteiger charge is -2.01. The van der Waals surface area contributed by atoms with Crippen LogP contribution in [0.3, 0.4) is 0 Å². The fourth-order valence-electron chi connectivity index (χ4n) is 2.15. The van der Waals surface area contributed by atoms with Crippen molar-refractivity contribution >= 4 is 5.97 Å². The van der Waals surface area contributed by atoms with Crippen molar-refractivity contribution < 1.29 is 14.3 Å². The molecule has 2 rings (SSSR count). The maximum absolute atomic E-state index is 13.2. The molecule has 1 aromatic heterocycles. The first-order chi connectivity index (χ1) is 8.99. The predicted octanol–water partition coefficient (Wildman–Crippen LogP) is 2.55. The molecular weight excluding hydrogens is 247 g/mol. The summed E-state index contributed by atoms with van der Waals surface area (Å²) in [5.41, 5.74) is 3.16. The first kappa shape index (κ1) is 13.3. The van der Waals surface area contributed by atoms with Crippen LogP contribution in [0.2, 0.25) is 0 Å². The van der Waals surface area contributed by atoms with Crippen LogP contribution in [0.4, 0.5) is 4.39 Å². The third-order valence-corrected chi connectivity index (χ3v) is 3.10. The van der Waals surface area contributed by atoms with E-state index in [9.17, 15) is 9.18 Å². The van der Waals surface area contributed by atoms with Crippen molar-refractivity contribution in [2.24, 2.45) is 7.05 Å². The third kappa shape index (κ3) is 2.81. The van der Waals surface area contributed by atoms with Crippen LogP contribution in [0.15, 0.2) is 24.3 Å². The molecule has 0 aliphatic carbocycles. The van der Waals surface area contributed by atoms with E-state index in [2.05, 4.69) is 5.10 Å². The summed E-state index contributed by atoms with van der Waals surface area (Å²) in [5.74, 6) is -1.15. The summed E-state index contributed by atoms with van der Waals surface area (Å²) in [6.45, 7) is 1.88. The van der Waals surface area contributed by atoms with Gasteiger partial charge in [-0.25, -0.2) is 4.39 Å². The Morgan fingerprint density at radius 3 is 2.84 bits per heavy atom. The van der Waals surface area contributed by atoms with Gasteiger partial charge in [0.15, 0.2) is 0 Å². The van der Waals surface area contributed by atoms with Crippen molar-refractivity contribution in [1.29, 1.82) is 0 Å². The van der Waals surface area contributed by atoms with Gasteiger partial charge in [-0.05, 0) is 24.6 Å². The quantitative estimate of drug-likeness (QED) is 0.921. The number of aromatic nitrogens is 2. The average Bonchev–Trinajstić information content (AvgIpc) is 2.62. The minimum Gasteiger partial charge on any atom is -0.481 e. The molecule has 0 atom stereocenters. The Morgan fingerprint density at radius 2 is 2.21 bits per heavy atom. The molecule has 0 radical (unpaired) electrons. The third-order valence-electron chi connectivity index (χ3n) is 3.10. The molecule has 1 heterocycles. The number of hydrogen-bond acceptors (Lipinski definition) is 2. The smallest absolute Gasteiger partial charge is 0.303 e. The molecule has 1 N–H and O–H groups in total. The van der Waals surface area contributed by atoms with E-state index in [-0.39, 0.29) is 12.2 Å². The van der Waals surface area contributed by atoms with E-state index in [0.717, 1.165) is 11.3 Å². The highest BCUT2D eigenvalue weighted by Gasteiger charge is 2.15. The van der Waals surface area contributed by atoms with Gasteiger partial charge in [0.25, 0.3) is 0 Å². The minimum atomic E-state index is -0.840. The summed E-state index contributed by atoms with van der Waals surface area (Å²) in [7, 11) is 1.77. The zero-order valence-corrected chi connectivity index (χ0v) is 10.9. The predicted molar refractivity (Wildman–Crippen MR) is 69.3 cm³/mol. The highest BCUT2D eigenvalue weighted by Crippen LogP contribution is 2.25. The van der Waals surface area contributed by atoms with Crippen LogP contribution in [-0.4, -0.2) is 20.9 Å². The van der Waals surface area contributed by atoms with Crippen LogP contribution in [0.5, 0.6) is 0 Å². The topological polar surface area (TPSA) is 55.1 Å². The molecule has 0 aliphatic rings. The standard InChI is InChI=1S/C14H15FN2O2/c1-9-12(6-7-13(18)19)17(2)16-14(9)10-4-3-5-11(15)8-10/h3-5,8H,6-7H2,1-2H3,(H,18,19). The lowest BCUT2D eigenvalue weighted by atomic mass is 10.0. The number of halogens is 1. The number of carboxylic acid groups (broad SMARTS) is 1. The summed E-state index contributed by atoms with van der Waals surface area (Å²) >= 11 is 0. The van der Waals surface area contributed by atoms with E-state index >= 15 is 0 Å². The summed E-state index contributed by atoms with van der Waals surface area (Å²) in [5, 5.41) is 13.1. The Hall–Kier alpha value is -2.17. The lowest BCUT2D eigenvalue weighted by Crippen LogP contribution is -2.03. The fraction of sp³-hybridized carbons (Fsp3) is 0.286. The molecule has 0 saturated carbocycles. The van der Waals surface area contributed by atoms with Gasteiger partial charge in [-0.2, -0.15) is 5.10 Å². The van der Waals surface area contributed by atoms with Gasteiger partial charge in [0.05, 0.1) is 12.1 Å². The zero-order chi connectivity index (χ0) is 14.0. The second-order valence-corrected chi connectivity index (χ2v) is 4.45. The van der Waals surface area contributed by atoms with Crippen LogP contribution in [-0.2, 0) is 18.3 Å². The van der Waals surface area contributed by atoms with Crippen LogP contribution in [0, 0.1) is 12.7 Å². The monoisotopic (exact) mass is 262 g/mol. The Kier molecular flexibility index (Phi) is 3.64. The number of hydrogen-bond donors (Lipinski definition) is 1. The van der Waals surface area contributed by atoms with Crippen LogP contribution < -0.4 is 0 Å². The van der Waals surface area contributed by atoms with Crippen molar-refractivity contribution in [3.8, 4) is 11.3 Å². The van der Waals surface area contributed by atoms with Crippen molar-refractivity contribution in [1.82, 2.24) is 9.78 Å². The molecular formula is C14H15FN2O2. The second kappa shape index (κ2) is 5.22. The molecule has 100 valence electrons. The van der Waals surface area contributed by atoms with Crippen molar-refractivity contribution in [3.05, 3.63) is 41.3 Å². The Balaban J connectivity index is 2.38. The Morgan fingerprint density at radius 1 is 1.47 bits per heavy atom. The number of benzene rings is 1. The molecule has 0 bridgehead atoms. The zero-order valence-electron chi connectivity index (χ0n) is 10.9. The van der Waals surface area contributed by atoms with E-state index in [1.807, 2.05) is 6.92 Å². The van der Waals surface area contributed by atoms with Gasteiger partial charge in [-0.3, -0.25) is 9.48 Å². The highest BCUT2D eigenvalue weighted by molar-refractivity contribution is 5.68. The van der Waals surface area contributed by atoms with Crippen LogP contribution in [0.1, 0.15) is 17.7 Å². The molecule has 0 spiro atoms. The van der Waals surface area contributed by atoms with E-state index in [0.29, 0.717) is 17.7 Å². The average molecular weight is 262 g/mol.